The van der Waals surface area contributed by atoms with Crippen molar-refractivity contribution < 1.29 is 29.0 Å². The van der Waals surface area contributed by atoms with Crippen LogP contribution in [0, 0.1) is 11.8 Å². The Morgan fingerprint density at radius 2 is 1.66 bits per heavy atom. The van der Waals surface area contributed by atoms with Gasteiger partial charge in [-0.15, -0.1) is 5.48 Å². The van der Waals surface area contributed by atoms with Crippen molar-refractivity contribution in [1.29, 1.82) is 0 Å². The number of hydroxylamine groups is 1. The van der Waals surface area contributed by atoms with Gasteiger partial charge in [-0.1, -0.05) is 74.6 Å². The number of amides is 1. The van der Waals surface area contributed by atoms with Crippen LogP contribution in [0.4, 0.5) is 4.79 Å². The summed E-state index contributed by atoms with van der Waals surface area (Å²) in [7, 11) is 0. The molecular formula is C31H43NO6. The van der Waals surface area contributed by atoms with Crippen molar-refractivity contribution in [2.75, 3.05) is 0 Å². The minimum Gasteiger partial charge on any atom is -0.489 e. The molecule has 2 aromatic carbocycles. The lowest BCUT2D eigenvalue weighted by atomic mass is 9.84. The standard InChI is InChI=1S/C31H43NO6/c1-31(2,3)37-30(35)32-38-29(34)26(21-27(33)17-14-23-10-6-4-7-11-23)20-24-15-18-28(19-16-24)36-22-25-12-8-5-9-13-25/h5,8-9,12-13,15-16,18-19,23,26-27,33H,4,6-7,10-11,14,17,20-22H2,1-3H3,(H,32,35)/t26-,27-/m0/s1. The quantitative estimate of drug-likeness (QED) is 0.325. The molecule has 2 N–H and O–H groups in total. The van der Waals surface area contributed by atoms with Gasteiger partial charge < -0.3 is 19.4 Å². The lowest BCUT2D eigenvalue weighted by molar-refractivity contribution is -0.156. The topological polar surface area (TPSA) is 94.1 Å². The third kappa shape index (κ3) is 11.1. The predicted molar refractivity (Wildman–Crippen MR) is 146 cm³/mol. The number of aliphatic hydroxyl groups is 1. The van der Waals surface area contributed by atoms with Crippen LogP contribution in [-0.2, 0) is 27.4 Å². The number of hydrogen-bond acceptors (Lipinski definition) is 6. The van der Waals surface area contributed by atoms with Crippen molar-refractivity contribution in [2.24, 2.45) is 11.8 Å². The Bertz CT molecular complexity index is 980. The van der Waals surface area contributed by atoms with Crippen LogP contribution >= 0.6 is 0 Å². The predicted octanol–water partition coefficient (Wildman–Crippen LogP) is 6.52. The smallest absolute Gasteiger partial charge is 0.441 e. The Morgan fingerprint density at radius 1 is 0.974 bits per heavy atom. The number of ether oxygens (including phenoxy) is 2. The van der Waals surface area contributed by atoms with Gasteiger partial charge in [0.1, 0.15) is 18.0 Å². The van der Waals surface area contributed by atoms with Gasteiger partial charge in [0.05, 0.1) is 12.0 Å². The molecule has 0 bridgehead atoms. The van der Waals surface area contributed by atoms with Crippen molar-refractivity contribution in [3.63, 3.8) is 0 Å². The van der Waals surface area contributed by atoms with Gasteiger partial charge in [0, 0.05) is 0 Å². The van der Waals surface area contributed by atoms with Gasteiger partial charge in [-0.2, -0.15) is 0 Å². The molecule has 0 aromatic heterocycles. The van der Waals surface area contributed by atoms with Crippen molar-refractivity contribution in [3.05, 3.63) is 65.7 Å². The number of rotatable bonds is 11. The average molecular weight is 526 g/mol. The maximum atomic E-state index is 13.0. The van der Waals surface area contributed by atoms with E-state index in [9.17, 15) is 14.7 Å². The first-order chi connectivity index (χ1) is 18.2. The van der Waals surface area contributed by atoms with E-state index in [2.05, 4.69) is 5.48 Å². The van der Waals surface area contributed by atoms with Crippen LogP contribution in [0.3, 0.4) is 0 Å². The van der Waals surface area contributed by atoms with E-state index in [1.54, 1.807) is 20.8 Å². The maximum Gasteiger partial charge on any atom is 0.441 e. The fourth-order valence-electron chi connectivity index (χ4n) is 4.83. The molecule has 0 saturated heterocycles. The summed E-state index contributed by atoms with van der Waals surface area (Å²) in [5.74, 6) is 0.163. The first kappa shape index (κ1) is 29.5. The van der Waals surface area contributed by atoms with Gasteiger partial charge in [-0.05, 0) is 75.6 Å². The summed E-state index contributed by atoms with van der Waals surface area (Å²) in [4.78, 5) is 30.0. The average Bonchev–Trinajstić information content (AvgIpc) is 2.90. The monoisotopic (exact) mass is 525 g/mol. The summed E-state index contributed by atoms with van der Waals surface area (Å²) in [6, 6.07) is 17.5. The van der Waals surface area contributed by atoms with Gasteiger partial charge in [-0.3, -0.25) is 0 Å². The fraction of sp³-hybridized carbons (Fsp3) is 0.548. The number of aliphatic hydroxyl groups excluding tert-OH is 1. The van der Waals surface area contributed by atoms with Crippen LogP contribution in [0.25, 0.3) is 0 Å². The molecule has 1 amide bonds. The Kier molecular flexibility index (Phi) is 11.5. The fourth-order valence-corrected chi connectivity index (χ4v) is 4.83. The lowest BCUT2D eigenvalue weighted by Crippen LogP contribution is -2.36. The molecule has 2 aromatic rings. The third-order valence-corrected chi connectivity index (χ3v) is 6.81. The van der Waals surface area contributed by atoms with Crippen LogP contribution < -0.4 is 10.2 Å². The molecule has 2 atom stereocenters. The lowest BCUT2D eigenvalue weighted by Gasteiger charge is -2.24. The highest BCUT2D eigenvalue weighted by Gasteiger charge is 2.27. The molecule has 3 rings (SSSR count). The zero-order chi connectivity index (χ0) is 27.4. The summed E-state index contributed by atoms with van der Waals surface area (Å²) >= 11 is 0. The van der Waals surface area contributed by atoms with Crippen LogP contribution in [0.2, 0.25) is 0 Å². The van der Waals surface area contributed by atoms with Crippen molar-refractivity contribution in [1.82, 2.24) is 5.48 Å². The van der Waals surface area contributed by atoms with E-state index >= 15 is 0 Å². The van der Waals surface area contributed by atoms with Crippen molar-refractivity contribution in [2.45, 2.75) is 96.9 Å². The summed E-state index contributed by atoms with van der Waals surface area (Å²) in [5.41, 5.74) is 3.37. The highest BCUT2D eigenvalue weighted by molar-refractivity contribution is 5.75. The second-order valence-corrected chi connectivity index (χ2v) is 11.3. The molecule has 38 heavy (non-hydrogen) atoms. The number of benzene rings is 2. The van der Waals surface area contributed by atoms with E-state index in [0.717, 1.165) is 23.3 Å². The molecule has 1 aliphatic carbocycles. The van der Waals surface area contributed by atoms with E-state index in [0.29, 0.717) is 25.4 Å². The first-order valence-electron chi connectivity index (χ1n) is 13.8. The van der Waals surface area contributed by atoms with Crippen LogP contribution in [0.1, 0.15) is 83.3 Å². The van der Waals surface area contributed by atoms with E-state index in [1.807, 2.05) is 54.6 Å². The minimum absolute atomic E-state index is 0.258. The molecule has 0 unspecified atom stereocenters. The normalized spacial score (nSPS) is 15.8. The van der Waals surface area contributed by atoms with Gasteiger partial charge in [0.25, 0.3) is 0 Å². The number of hydrogen-bond donors (Lipinski definition) is 2. The molecule has 7 heteroatoms. The van der Waals surface area contributed by atoms with Crippen LogP contribution in [0.15, 0.2) is 54.6 Å². The first-order valence-corrected chi connectivity index (χ1v) is 13.8. The SMILES string of the molecule is CC(C)(C)OC(=O)NOC(=O)[C@@H](Cc1ccc(OCc2ccccc2)cc1)C[C@@H](O)CCC1CCCCC1. The highest BCUT2D eigenvalue weighted by Crippen LogP contribution is 2.29. The van der Waals surface area contributed by atoms with Crippen LogP contribution in [0.5, 0.6) is 5.75 Å². The number of carbonyl (C=O) groups is 2. The Balaban J connectivity index is 1.57. The van der Waals surface area contributed by atoms with Gasteiger partial charge in [-0.25, -0.2) is 9.59 Å². The number of carbonyl (C=O) groups excluding carboxylic acids is 2. The van der Waals surface area contributed by atoms with E-state index < -0.39 is 29.7 Å². The molecule has 7 nitrogen and oxygen atoms in total. The summed E-state index contributed by atoms with van der Waals surface area (Å²) in [6.45, 7) is 5.66. The summed E-state index contributed by atoms with van der Waals surface area (Å²) in [6.07, 6.45) is 7.05. The largest absolute Gasteiger partial charge is 0.489 e. The minimum atomic E-state index is -0.831. The molecule has 0 spiro atoms. The Hall–Kier alpha value is -3.06. The van der Waals surface area contributed by atoms with Gasteiger partial charge in [0.15, 0.2) is 0 Å². The summed E-state index contributed by atoms with van der Waals surface area (Å²) < 4.78 is 11.0. The number of nitrogens with one attached hydrogen (secondary N) is 1. The van der Waals surface area contributed by atoms with Crippen molar-refractivity contribution >= 4 is 12.1 Å². The second kappa shape index (κ2) is 14.8. The molecule has 0 heterocycles. The molecular weight excluding hydrogens is 482 g/mol. The second-order valence-electron chi connectivity index (χ2n) is 11.3. The Labute approximate surface area is 226 Å². The van der Waals surface area contributed by atoms with E-state index in [4.69, 9.17) is 14.3 Å². The molecule has 1 aliphatic rings. The van der Waals surface area contributed by atoms with E-state index in [1.165, 1.54) is 32.1 Å². The zero-order valence-electron chi connectivity index (χ0n) is 23.0. The molecule has 208 valence electrons. The summed E-state index contributed by atoms with van der Waals surface area (Å²) in [5, 5.41) is 10.8. The molecule has 1 fully saturated rings. The van der Waals surface area contributed by atoms with Gasteiger partial charge in [0.2, 0.25) is 0 Å². The van der Waals surface area contributed by atoms with E-state index in [-0.39, 0.29) is 6.42 Å². The highest BCUT2D eigenvalue weighted by atomic mass is 16.7. The third-order valence-electron chi connectivity index (χ3n) is 6.81. The van der Waals surface area contributed by atoms with Gasteiger partial charge >= 0.3 is 12.1 Å². The van der Waals surface area contributed by atoms with Crippen molar-refractivity contribution in [3.8, 4) is 5.75 Å². The Morgan fingerprint density at radius 3 is 2.32 bits per heavy atom. The molecule has 0 aliphatic heterocycles. The molecule has 1 saturated carbocycles. The van der Waals surface area contributed by atoms with Crippen LogP contribution in [-0.4, -0.2) is 28.9 Å². The molecule has 0 radical (unpaired) electrons. The zero-order valence-corrected chi connectivity index (χ0v) is 23.0. The maximum absolute atomic E-state index is 13.0.